The molecule has 0 bridgehead atoms. The van der Waals surface area contributed by atoms with E-state index in [1.54, 1.807) is 0 Å². The topological polar surface area (TPSA) is 46.2 Å². The second-order valence-corrected chi connectivity index (χ2v) is 4.95. The van der Waals surface area contributed by atoms with Crippen molar-refractivity contribution in [3.05, 3.63) is 80.6 Å². The third kappa shape index (κ3) is 2.38. The molecule has 0 amide bonds. The quantitative estimate of drug-likeness (QED) is 0.745. The molecule has 0 spiro atoms. The SMILES string of the molecule is CCc1cccc(Nc2c(-c3ccccc3)c(=O)c2=O)c1. The van der Waals surface area contributed by atoms with Gasteiger partial charge in [-0.05, 0) is 29.7 Å². The van der Waals surface area contributed by atoms with Crippen molar-refractivity contribution in [3.8, 4) is 11.1 Å². The monoisotopic (exact) mass is 277 g/mol. The molecule has 0 saturated carbocycles. The van der Waals surface area contributed by atoms with E-state index in [9.17, 15) is 9.59 Å². The van der Waals surface area contributed by atoms with E-state index in [0.717, 1.165) is 17.7 Å². The zero-order valence-corrected chi connectivity index (χ0v) is 11.7. The molecule has 0 radical (unpaired) electrons. The number of aryl methyl sites for hydroxylation is 1. The third-order valence-electron chi connectivity index (χ3n) is 3.58. The van der Waals surface area contributed by atoms with Crippen LogP contribution in [0.3, 0.4) is 0 Å². The molecule has 3 heteroatoms. The Morgan fingerprint density at radius 1 is 0.905 bits per heavy atom. The van der Waals surface area contributed by atoms with Crippen molar-refractivity contribution in [2.24, 2.45) is 0 Å². The summed E-state index contributed by atoms with van der Waals surface area (Å²) in [5.74, 6) is 0. The van der Waals surface area contributed by atoms with Gasteiger partial charge >= 0.3 is 0 Å². The first-order valence-corrected chi connectivity index (χ1v) is 6.95. The maximum absolute atomic E-state index is 11.8. The number of hydrogen-bond acceptors (Lipinski definition) is 3. The van der Waals surface area contributed by atoms with Crippen molar-refractivity contribution in [2.45, 2.75) is 13.3 Å². The molecule has 0 saturated heterocycles. The summed E-state index contributed by atoms with van der Waals surface area (Å²) in [4.78, 5) is 23.7. The first kappa shape index (κ1) is 13.3. The maximum atomic E-state index is 11.8. The van der Waals surface area contributed by atoms with E-state index >= 15 is 0 Å². The fourth-order valence-electron chi connectivity index (χ4n) is 2.40. The Morgan fingerprint density at radius 3 is 2.38 bits per heavy atom. The minimum absolute atomic E-state index is 0.388. The molecular formula is C18H15NO2. The number of rotatable bonds is 4. The van der Waals surface area contributed by atoms with Gasteiger partial charge in [-0.2, -0.15) is 0 Å². The largest absolute Gasteiger partial charge is 0.352 e. The average Bonchev–Trinajstić information content (AvgIpc) is 2.55. The first-order chi connectivity index (χ1) is 10.2. The molecule has 0 unspecified atom stereocenters. The highest BCUT2D eigenvalue weighted by atomic mass is 16.2. The van der Waals surface area contributed by atoms with E-state index in [1.807, 2.05) is 54.6 Å². The smallest absolute Gasteiger partial charge is 0.250 e. The Balaban J connectivity index is 1.99. The van der Waals surface area contributed by atoms with Gasteiger partial charge in [0, 0.05) is 5.69 Å². The summed E-state index contributed by atoms with van der Waals surface area (Å²) in [5, 5.41) is 3.09. The summed E-state index contributed by atoms with van der Waals surface area (Å²) >= 11 is 0. The Labute approximate surface area is 122 Å². The molecule has 0 aliphatic carbocycles. The van der Waals surface area contributed by atoms with Crippen molar-refractivity contribution < 1.29 is 0 Å². The predicted octanol–water partition coefficient (Wildman–Crippen LogP) is 3.26. The molecule has 3 rings (SSSR count). The van der Waals surface area contributed by atoms with Gasteiger partial charge in [0.15, 0.2) is 0 Å². The second-order valence-electron chi connectivity index (χ2n) is 4.95. The summed E-state index contributed by atoms with van der Waals surface area (Å²) in [7, 11) is 0. The molecule has 3 aromatic carbocycles. The minimum atomic E-state index is -0.448. The van der Waals surface area contributed by atoms with Crippen LogP contribution >= 0.6 is 0 Å². The Hall–Kier alpha value is -2.68. The van der Waals surface area contributed by atoms with E-state index in [-0.39, 0.29) is 0 Å². The van der Waals surface area contributed by atoms with Crippen LogP contribution in [0, 0.1) is 0 Å². The average molecular weight is 277 g/mol. The van der Waals surface area contributed by atoms with Crippen LogP contribution in [0.15, 0.2) is 64.2 Å². The molecule has 0 aliphatic rings. The fourth-order valence-corrected chi connectivity index (χ4v) is 2.40. The summed E-state index contributed by atoms with van der Waals surface area (Å²) in [6.07, 6.45) is 0.924. The van der Waals surface area contributed by atoms with E-state index in [4.69, 9.17) is 0 Å². The summed E-state index contributed by atoms with van der Waals surface area (Å²) in [6, 6.07) is 17.1. The number of anilines is 2. The molecule has 1 N–H and O–H groups in total. The minimum Gasteiger partial charge on any atom is -0.352 e. The molecule has 3 aromatic rings. The van der Waals surface area contributed by atoms with E-state index in [1.165, 1.54) is 5.56 Å². The number of benzene rings is 2. The summed E-state index contributed by atoms with van der Waals surface area (Å²) in [5.41, 5.74) is 2.78. The highest BCUT2D eigenvalue weighted by molar-refractivity contribution is 5.84. The zero-order chi connectivity index (χ0) is 14.8. The molecule has 0 aliphatic heterocycles. The molecule has 3 nitrogen and oxygen atoms in total. The highest BCUT2D eigenvalue weighted by Crippen LogP contribution is 2.26. The van der Waals surface area contributed by atoms with Gasteiger partial charge in [0.2, 0.25) is 5.43 Å². The van der Waals surface area contributed by atoms with Crippen LogP contribution in [0.1, 0.15) is 12.5 Å². The molecule has 0 heterocycles. The van der Waals surface area contributed by atoms with Crippen LogP contribution in [-0.2, 0) is 6.42 Å². The van der Waals surface area contributed by atoms with Gasteiger partial charge in [-0.3, -0.25) is 9.59 Å². The maximum Gasteiger partial charge on any atom is 0.250 e. The van der Waals surface area contributed by atoms with Crippen LogP contribution in [0.5, 0.6) is 0 Å². The van der Waals surface area contributed by atoms with Crippen molar-refractivity contribution in [2.75, 3.05) is 5.32 Å². The van der Waals surface area contributed by atoms with Gasteiger partial charge in [0.1, 0.15) is 5.69 Å². The Kier molecular flexibility index (Phi) is 3.40. The summed E-state index contributed by atoms with van der Waals surface area (Å²) < 4.78 is 0. The van der Waals surface area contributed by atoms with Gasteiger partial charge < -0.3 is 5.32 Å². The molecule has 0 atom stereocenters. The van der Waals surface area contributed by atoms with Crippen LogP contribution in [0.4, 0.5) is 11.4 Å². The normalized spacial score (nSPS) is 10.7. The van der Waals surface area contributed by atoms with Crippen LogP contribution in [-0.4, -0.2) is 0 Å². The Morgan fingerprint density at radius 2 is 1.67 bits per heavy atom. The van der Waals surface area contributed by atoms with E-state index in [0.29, 0.717) is 11.3 Å². The predicted molar refractivity (Wildman–Crippen MR) is 85.9 cm³/mol. The lowest BCUT2D eigenvalue weighted by atomic mass is 9.98. The first-order valence-electron chi connectivity index (χ1n) is 6.95. The fraction of sp³-hybridized carbons (Fsp3) is 0.111. The zero-order valence-electron chi connectivity index (χ0n) is 11.7. The number of hydrogen-bond donors (Lipinski definition) is 1. The lowest BCUT2D eigenvalue weighted by Crippen LogP contribution is -2.35. The van der Waals surface area contributed by atoms with Crippen LogP contribution in [0.2, 0.25) is 0 Å². The molecular weight excluding hydrogens is 262 g/mol. The van der Waals surface area contributed by atoms with Gasteiger partial charge in [-0.15, -0.1) is 0 Å². The van der Waals surface area contributed by atoms with Gasteiger partial charge in [0.25, 0.3) is 5.43 Å². The van der Waals surface area contributed by atoms with Crippen molar-refractivity contribution in [3.63, 3.8) is 0 Å². The lowest BCUT2D eigenvalue weighted by Gasteiger charge is -2.14. The van der Waals surface area contributed by atoms with Crippen molar-refractivity contribution in [1.29, 1.82) is 0 Å². The van der Waals surface area contributed by atoms with Crippen molar-refractivity contribution in [1.82, 2.24) is 0 Å². The van der Waals surface area contributed by atoms with Crippen LogP contribution in [0.25, 0.3) is 11.1 Å². The van der Waals surface area contributed by atoms with Crippen LogP contribution < -0.4 is 16.2 Å². The highest BCUT2D eigenvalue weighted by Gasteiger charge is 2.22. The van der Waals surface area contributed by atoms with Gasteiger partial charge in [-0.25, -0.2) is 0 Å². The standard InChI is InChI=1S/C18H15NO2/c1-2-12-7-6-10-14(11-12)19-16-15(17(20)18(16)21)13-8-4-3-5-9-13/h3-11,19H,2H2,1H3. The second kappa shape index (κ2) is 5.37. The van der Waals surface area contributed by atoms with Crippen molar-refractivity contribution >= 4 is 11.4 Å². The van der Waals surface area contributed by atoms with E-state index in [2.05, 4.69) is 12.2 Å². The van der Waals surface area contributed by atoms with E-state index < -0.39 is 10.9 Å². The van der Waals surface area contributed by atoms with Gasteiger partial charge in [0.05, 0.1) is 5.56 Å². The van der Waals surface area contributed by atoms with Gasteiger partial charge in [-0.1, -0.05) is 49.4 Å². The molecule has 104 valence electrons. The molecule has 0 aromatic heterocycles. The summed E-state index contributed by atoms with van der Waals surface area (Å²) in [6.45, 7) is 2.08. The third-order valence-corrected chi connectivity index (χ3v) is 3.58. The number of nitrogens with one attached hydrogen (secondary N) is 1. The molecule has 21 heavy (non-hydrogen) atoms. The molecule has 0 fully saturated rings. The Bertz CT molecular complexity index is 843. The lowest BCUT2D eigenvalue weighted by molar-refractivity contribution is 1.14.